The summed E-state index contributed by atoms with van der Waals surface area (Å²) in [7, 11) is 0. The van der Waals surface area contributed by atoms with Crippen LogP contribution in [0.5, 0.6) is 0 Å². The summed E-state index contributed by atoms with van der Waals surface area (Å²) < 4.78 is 0. The van der Waals surface area contributed by atoms with Crippen molar-refractivity contribution < 1.29 is 4.79 Å². The molecule has 2 aromatic rings. The number of carbonyl (C=O) groups excluding carboxylic acids is 1. The van der Waals surface area contributed by atoms with Gasteiger partial charge >= 0.3 is 0 Å². The largest absolute Gasteiger partial charge is 0.367 e. The third-order valence-electron chi connectivity index (χ3n) is 5.78. The predicted molar refractivity (Wildman–Crippen MR) is 105 cm³/mol. The summed E-state index contributed by atoms with van der Waals surface area (Å²) in [5.41, 5.74) is 5.28. The monoisotopic (exact) mass is 349 g/mol. The number of carbonyl (C=O) groups is 1. The van der Waals surface area contributed by atoms with Gasteiger partial charge in [0.2, 0.25) is 5.91 Å². The molecule has 0 saturated carbocycles. The molecule has 4 nitrogen and oxygen atoms in total. The molecular formula is C22H27N3O. The van der Waals surface area contributed by atoms with E-state index in [1.807, 2.05) is 6.92 Å². The van der Waals surface area contributed by atoms with Gasteiger partial charge in [0.25, 0.3) is 0 Å². The number of rotatable bonds is 6. The van der Waals surface area contributed by atoms with Gasteiger partial charge in [-0.3, -0.25) is 4.79 Å². The lowest BCUT2D eigenvalue weighted by Gasteiger charge is -2.31. The molecule has 1 unspecified atom stereocenters. The molecular weight excluding hydrogens is 322 g/mol. The van der Waals surface area contributed by atoms with Gasteiger partial charge in [-0.25, -0.2) is 0 Å². The minimum atomic E-state index is 0.0887. The minimum Gasteiger partial charge on any atom is -0.367 e. The van der Waals surface area contributed by atoms with Gasteiger partial charge in [-0.2, -0.15) is 0 Å². The second-order valence-electron chi connectivity index (χ2n) is 7.54. The van der Waals surface area contributed by atoms with Crippen molar-refractivity contribution in [2.45, 2.75) is 26.4 Å². The maximum Gasteiger partial charge on any atom is 0.223 e. The lowest BCUT2D eigenvalue weighted by molar-refractivity contribution is -0.126. The highest BCUT2D eigenvalue weighted by atomic mass is 16.1. The molecule has 1 saturated heterocycles. The first-order valence-corrected chi connectivity index (χ1v) is 9.60. The number of benzene rings is 2. The molecule has 0 aliphatic carbocycles. The molecule has 1 fully saturated rings. The third kappa shape index (κ3) is 3.61. The van der Waals surface area contributed by atoms with Gasteiger partial charge in [-0.1, -0.05) is 49.4 Å². The van der Waals surface area contributed by atoms with Crippen molar-refractivity contribution in [3.63, 3.8) is 0 Å². The molecule has 2 aliphatic rings. The highest BCUT2D eigenvalue weighted by Gasteiger charge is 2.28. The molecule has 2 N–H and O–H groups in total. The van der Waals surface area contributed by atoms with Crippen LogP contribution in [0.4, 0.5) is 5.69 Å². The van der Waals surface area contributed by atoms with Gasteiger partial charge in [-0.15, -0.1) is 0 Å². The highest BCUT2D eigenvalue weighted by molar-refractivity contribution is 5.78. The Hall–Kier alpha value is -2.33. The van der Waals surface area contributed by atoms with Gasteiger partial charge in [-0.05, 0) is 48.2 Å². The average molecular weight is 349 g/mol. The molecule has 0 radical (unpaired) electrons. The molecule has 1 atom stereocenters. The van der Waals surface area contributed by atoms with E-state index in [1.165, 1.54) is 16.8 Å². The van der Waals surface area contributed by atoms with Gasteiger partial charge in [0.15, 0.2) is 0 Å². The van der Waals surface area contributed by atoms with Crippen molar-refractivity contribution in [1.82, 2.24) is 10.6 Å². The molecule has 1 amide bonds. The summed E-state index contributed by atoms with van der Waals surface area (Å²) >= 11 is 0. The fourth-order valence-corrected chi connectivity index (χ4v) is 3.78. The van der Waals surface area contributed by atoms with E-state index in [0.717, 1.165) is 38.2 Å². The summed E-state index contributed by atoms with van der Waals surface area (Å²) in [4.78, 5) is 14.7. The van der Waals surface area contributed by atoms with Crippen LogP contribution in [0.15, 0.2) is 48.5 Å². The third-order valence-corrected chi connectivity index (χ3v) is 5.78. The molecule has 0 aromatic heterocycles. The van der Waals surface area contributed by atoms with E-state index >= 15 is 0 Å². The standard InChI is InChI=1S/C22H27N3O/c1-16(20-13-23-14-20)22(26)24-12-17-6-8-18(9-7-17)15-25-11-10-19-4-2-3-5-21(19)25/h2-9,16,20,23H,10-15H2,1H3,(H,24,26). The summed E-state index contributed by atoms with van der Waals surface area (Å²) in [5, 5.41) is 6.31. The first-order valence-electron chi connectivity index (χ1n) is 9.60. The van der Waals surface area contributed by atoms with Crippen molar-refractivity contribution in [3.8, 4) is 0 Å². The Labute approximate surface area is 155 Å². The first-order chi connectivity index (χ1) is 12.7. The average Bonchev–Trinajstić information content (AvgIpc) is 3.02. The Balaban J connectivity index is 1.30. The normalized spacial score (nSPS) is 17.5. The van der Waals surface area contributed by atoms with Crippen molar-refractivity contribution in [2.75, 3.05) is 24.5 Å². The van der Waals surface area contributed by atoms with Gasteiger partial charge in [0, 0.05) is 31.2 Å². The second-order valence-corrected chi connectivity index (χ2v) is 7.54. The van der Waals surface area contributed by atoms with Crippen LogP contribution in [-0.2, 0) is 24.3 Å². The van der Waals surface area contributed by atoms with E-state index < -0.39 is 0 Å². The molecule has 136 valence electrons. The van der Waals surface area contributed by atoms with Crippen LogP contribution < -0.4 is 15.5 Å². The minimum absolute atomic E-state index is 0.0887. The maximum atomic E-state index is 12.2. The van der Waals surface area contributed by atoms with E-state index in [9.17, 15) is 4.79 Å². The van der Waals surface area contributed by atoms with E-state index in [-0.39, 0.29) is 11.8 Å². The maximum absolute atomic E-state index is 12.2. The van der Waals surface area contributed by atoms with Crippen molar-refractivity contribution in [3.05, 3.63) is 65.2 Å². The summed E-state index contributed by atoms with van der Waals surface area (Å²) in [5.74, 6) is 0.737. The Kier molecular flexibility index (Phi) is 4.93. The number of para-hydroxylation sites is 1. The Morgan fingerprint density at radius 1 is 1.15 bits per heavy atom. The zero-order valence-electron chi connectivity index (χ0n) is 15.4. The van der Waals surface area contributed by atoms with Crippen LogP contribution in [0.2, 0.25) is 0 Å². The van der Waals surface area contributed by atoms with Crippen molar-refractivity contribution in [2.24, 2.45) is 11.8 Å². The Bertz CT molecular complexity index is 767. The number of hydrogen-bond donors (Lipinski definition) is 2. The lowest BCUT2D eigenvalue weighted by atomic mass is 9.88. The molecule has 0 bridgehead atoms. The van der Waals surface area contributed by atoms with Crippen LogP contribution in [0.25, 0.3) is 0 Å². The molecule has 2 heterocycles. The van der Waals surface area contributed by atoms with Crippen molar-refractivity contribution in [1.29, 1.82) is 0 Å². The van der Waals surface area contributed by atoms with Gasteiger partial charge in [0.05, 0.1) is 0 Å². The van der Waals surface area contributed by atoms with Crippen LogP contribution in [-0.4, -0.2) is 25.5 Å². The number of nitrogens with zero attached hydrogens (tertiary/aromatic N) is 1. The fourth-order valence-electron chi connectivity index (χ4n) is 3.78. The van der Waals surface area contributed by atoms with Crippen LogP contribution in [0.3, 0.4) is 0 Å². The van der Waals surface area contributed by atoms with Crippen LogP contribution in [0, 0.1) is 11.8 Å². The molecule has 4 heteroatoms. The Morgan fingerprint density at radius 2 is 1.88 bits per heavy atom. The summed E-state index contributed by atoms with van der Waals surface area (Å²) in [6.07, 6.45) is 1.13. The van der Waals surface area contributed by atoms with Crippen LogP contribution in [0.1, 0.15) is 23.6 Å². The summed E-state index contributed by atoms with van der Waals surface area (Å²) in [6, 6.07) is 17.3. The molecule has 0 spiro atoms. The zero-order chi connectivity index (χ0) is 17.9. The first kappa shape index (κ1) is 17.1. The number of anilines is 1. The fraction of sp³-hybridized carbons (Fsp3) is 0.409. The van der Waals surface area contributed by atoms with Gasteiger partial charge < -0.3 is 15.5 Å². The molecule has 2 aromatic carbocycles. The number of fused-ring (bicyclic) bond motifs is 1. The van der Waals surface area contributed by atoms with Crippen molar-refractivity contribution >= 4 is 11.6 Å². The molecule has 2 aliphatic heterocycles. The highest BCUT2D eigenvalue weighted by Crippen LogP contribution is 2.28. The zero-order valence-corrected chi connectivity index (χ0v) is 15.4. The quantitative estimate of drug-likeness (QED) is 0.843. The van der Waals surface area contributed by atoms with E-state index in [2.05, 4.69) is 64.1 Å². The van der Waals surface area contributed by atoms with Crippen LogP contribution >= 0.6 is 0 Å². The number of hydrogen-bond acceptors (Lipinski definition) is 3. The summed E-state index contributed by atoms with van der Waals surface area (Å²) in [6.45, 7) is 6.58. The second kappa shape index (κ2) is 7.50. The Morgan fingerprint density at radius 3 is 2.62 bits per heavy atom. The van der Waals surface area contributed by atoms with E-state index in [1.54, 1.807) is 0 Å². The molecule has 4 rings (SSSR count). The SMILES string of the molecule is CC(C(=O)NCc1ccc(CN2CCc3ccccc32)cc1)C1CNC1. The lowest BCUT2D eigenvalue weighted by Crippen LogP contribution is -2.49. The number of nitrogens with one attached hydrogen (secondary N) is 2. The number of amides is 1. The van der Waals surface area contributed by atoms with Gasteiger partial charge in [0.1, 0.15) is 0 Å². The topological polar surface area (TPSA) is 44.4 Å². The smallest absolute Gasteiger partial charge is 0.223 e. The van der Waals surface area contributed by atoms with E-state index in [0.29, 0.717) is 12.5 Å². The molecule has 26 heavy (non-hydrogen) atoms. The predicted octanol–water partition coefficient (Wildman–Crippen LogP) is 2.72. The van der Waals surface area contributed by atoms with E-state index in [4.69, 9.17) is 0 Å².